The van der Waals surface area contributed by atoms with Crippen molar-refractivity contribution in [3.8, 4) is 11.3 Å². The highest BCUT2D eigenvalue weighted by atomic mass is 19.4. The van der Waals surface area contributed by atoms with E-state index in [1.807, 2.05) is 48.7 Å². The summed E-state index contributed by atoms with van der Waals surface area (Å²) in [5, 5.41) is 2.67. The number of amides is 1. The molecule has 5 nitrogen and oxygen atoms in total. The first kappa shape index (κ1) is 22.3. The standard InChI is InChI=1S/C27H19F3N4O/c28-27(29,30)20-10-5-9-19(16-20)26(35)32-21-11-4-6-17(14-21)15-23-33-22-12-13-31-25(22)24(34-23)18-7-2-1-3-8-18/h1-14,16,31H,15H2,(H,32,35). The largest absolute Gasteiger partial charge is 0.416 e. The highest BCUT2D eigenvalue weighted by molar-refractivity contribution is 6.04. The molecular formula is C27H19F3N4O. The molecule has 35 heavy (non-hydrogen) atoms. The van der Waals surface area contributed by atoms with Crippen molar-refractivity contribution in [2.75, 3.05) is 5.32 Å². The summed E-state index contributed by atoms with van der Waals surface area (Å²) in [6.07, 6.45) is -2.29. The van der Waals surface area contributed by atoms with Crippen LogP contribution < -0.4 is 5.32 Å². The zero-order valence-corrected chi connectivity index (χ0v) is 18.3. The number of alkyl halides is 3. The predicted octanol–water partition coefficient (Wildman–Crippen LogP) is 6.49. The summed E-state index contributed by atoms with van der Waals surface area (Å²) in [5.41, 5.74) is 3.78. The van der Waals surface area contributed by atoms with Crippen LogP contribution in [-0.2, 0) is 12.6 Å². The Kier molecular flexibility index (Phi) is 5.78. The fourth-order valence-electron chi connectivity index (χ4n) is 3.86. The van der Waals surface area contributed by atoms with Crippen LogP contribution in [0.1, 0.15) is 27.3 Å². The number of nitrogens with zero attached hydrogens (tertiary/aromatic N) is 2. The Morgan fingerprint density at radius 3 is 2.49 bits per heavy atom. The fourth-order valence-corrected chi connectivity index (χ4v) is 3.86. The molecule has 2 heterocycles. The summed E-state index contributed by atoms with van der Waals surface area (Å²) in [6, 6.07) is 23.1. The molecule has 1 amide bonds. The number of aromatic nitrogens is 3. The van der Waals surface area contributed by atoms with E-state index in [-0.39, 0.29) is 5.56 Å². The van der Waals surface area contributed by atoms with Gasteiger partial charge in [0.25, 0.3) is 5.91 Å². The second kappa shape index (κ2) is 9.06. The number of nitrogens with one attached hydrogen (secondary N) is 2. The molecule has 0 atom stereocenters. The first-order valence-corrected chi connectivity index (χ1v) is 10.8. The summed E-state index contributed by atoms with van der Waals surface area (Å²) in [5.74, 6) is -0.0121. The summed E-state index contributed by atoms with van der Waals surface area (Å²) in [7, 11) is 0. The van der Waals surface area contributed by atoms with Crippen LogP contribution in [0.4, 0.5) is 18.9 Å². The molecule has 174 valence electrons. The average molecular weight is 472 g/mol. The number of aromatic amines is 1. The minimum Gasteiger partial charge on any atom is -0.358 e. The van der Waals surface area contributed by atoms with Crippen molar-refractivity contribution in [3.63, 3.8) is 0 Å². The van der Waals surface area contributed by atoms with Crippen LogP contribution >= 0.6 is 0 Å². The van der Waals surface area contributed by atoms with Gasteiger partial charge in [-0.1, -0.05) is 48.5 Å². The van der Waals surface area contributed by atoms with Crippen LogP contribution in [-0.4, -0.2) is 20.9 Å². The molecule has 0 aliphatic heterocycles. The highest BCUT2D eigenvalue weighted by Gasteiger charge is 2.30. The third-order valence-corrected chi connectivity index (χ3v) is 5.50. The third kappa shape index (κ3) is 4.91. The molecule has 0 spiro atoms. The third-order valence-electron chi connectivity index (χ3n) is 5.50. The molecule has 0 unspecified atom stereocenters. The number of benzene rings is 3. The van der Waals surface area contributed by atoms with E-state index < -0.39 is 17.6 Å². The Bertz CT molecular complexity index is 1510. The van der Waals surface area contributed by atoms with E-state index >= 15 is 0 Å². The number of hydrogen-bond donors (Lipinski definition) is 2. The number of halogens is 3. The van der Waals surface area contributed by atoms with Crippen molar-refractivity contribution in [2.45, 2.75) is 12.6 Å². The Morgan fingerprint density at radius 2 is 1.69 bits per heavy atom. The van der Waals surface area contributed by atoms with Crippen LogP contribution in [0.5, 0.6) is 0 Å². The molecule has 5 rings (SSSR count). The second-order valence-corrected chi connectivity index (χ2v) is 8.00. The van der Waals surface area contributed by atoms with Gasteiger partial charge in [-0.3, -0.25) is 4.79 Å². The normalized spacial score (nSPS) is 11.5. The molecule has 2 aromatic heterocycles. The Labute approximate surface area is 198 Å². The monoisotopic (exact) mass is 472 g/mol. The zero-order chi connectivity index (χ0) is 24.4. The van der Waals surface area contributed by atoms with Crippen molar-refractivity contribution >= 4 is 22.6 Å². The molecule has 8 heteroatoms. The minimum atomic E-state index is -4.52. The Hall–Kier alpha value is -4.46. The lowest BCUT2D eigenvalue weighted by atomic mass is 10.1. The van der Waals surface area contributed by atoms with Gasteiger partial charge in [-0.15, -0.1) is 0 Å². The van der Waals surface area contributed by atoms with Crippen molar-refractivity contribution in [3.05, 3.63) is 114 Å². The lowest BCUT2D eigenvalue weighted by molar-refractivity contribution is -0.137. The molecule has 5 aromatic rings. The van der Waals surface area contributed by atoms with Gasteiger partial charge in [0, 0.05) is 29.4 Å². The van der Waals surface area contributed by atoms with Crippen LogP contribution in [0, 0.1) is 0 Å². The number of fused-ring (bicyclic) bond motifs is 1. The molecule has 0 saturated heterocycles. The topological polar surface area (TPSA) is 70.7 Å². The van der Waals surface area contributed by atoms with Gasteiger partial charge in [0.05, 0.1) is 22.3 Å². The van der Waals surface area contributed by atoms with E-state index in [1.54, 1.807) is 18.2 Å². The van der Waals surface area contributed by atoms with Gasteiger partial charge in [0.1, 0.15) is 5.82 Å². The Morgan fingerprint density at radius 1 is 0.886 bits per heavy atom. The van der Waals surface area contributed by atoms with Gasteiger partial charge < -0.3 is 10.3 Å². The van der Waals surface area contributed by atoms with Gasteiger partial charge in [0.15, 0.2) is 0 Å². The summed E-state index contributed by atoms with van der Waals surface area (Å²) >= 11 is 0. The molecule has 3 aromatic carbocycles. The summed E-state index contributed by atoms with van der Waals surface area (Å²) < 4.78 is 39.0. The second-order valence-electron chi connectivity index (χ2n) is 8.00. The van der Waals surface area contributed by atoms with Gasteiger partial charge in [0.2, 0.25) is 0 Å². The van der Waals surface area contributed by atoms with E-state index in [2.05, 4.69) is 15.3 Å². The number of hydrogen-bond acceptors (Lipinski definition) is 3. The van der Waals surface area contributed by atoms with Crippen LogP contribution in [0.15, 0.2) is 91.1 Å². The van der Waals surface area contributed by atoms with Crippen molar-refractivity contribution in [1.82, 2.24) is 15.0 Å². The van der Waals surface area contributed by atoms with E-state index in [1.165, 1.54) is 12.1 Å². The number of carbonyl (C=O) groups is 1. The molecule has 0 aliphatic rings. The first-order chi connectivity index (χ1) is 16.9. The fraction of sp³-hybridized carbons (Fsp3) is 0.0741. The maximum atomic E-state index is 13.0. The molecule has 0 saturated carbocycles. The van der Waals surface area contributed by atoms with Gasteiger partial charge in [-0.25, -0.2) is 9.97 Å². The van der Waals surface area contributed by atoms with E-state index in [9.17, 15) is 18.0 Å². The average Bonchev–Trinajstić information content (AvgIpc) is 3.32. The van der Waals surface area contributed by atoms with Crippen LogP contribution in [0.25, 0.3) is 22.3 Å². The van der Waals surface area contributed by atoms with Crippen LogP contribution in [0.2, 0.25) is 0 Å². The Balaban J connectivity index is 1.39. The lowest BCUT2D eigenvalue weighted by Gasteiger charge is -2.10. The highest BCUT2D eigenvalue weighted by Crippen LogP contribution is 2.30. The molecule has 0 fully saturated rings. The maximum Gasteiger partial charge on any atom is 0.416 e. The number of anilines is 1. The molecule has 0 aliphatic carbocycles. The van der Waals surface area contributed by atoms with Gasteiger partial charge in [-0.05, 0) is 42.0 Å². The molecule has 2 N–H and O–H groups in total. The molecule has 0 bridgehead atoms. The quantitative estimate of drug-likeness (QED) is 0.307. The van der Waals surface area contributed by atoms with Crippen molar-refractivity contribution < 1.29 is 18.0 Å². The number of rotatable bonds is 5. The minimum absolute atomic E-state index is 0.0704. The molecule has 0 radical (unpaired) electrons. The summed E-state index contributed by atoms with van der Waals surface area (Å²) in [6.45, 7) is 0. The van der Waals surface area contributed by atoms with Crippen molar-refractivity contribution in [1.29, 1.82) is 0 Å². The maximum absolute atomic E-state index is 13.0. The lowest BCUT2D eigenvalue weighted by Crippen LogP contribution is -2.14. The number of carbonyl (C=O) groups excluding carboxylic acids is 1. The molecular weight excluding hydrogens is 453 g/mol. The smallest absolute Gasteiger partial charge is 0.358 e. The summed E-state index contributed by atoms with van der Waals surface area (Å²) in [4.78, 5) is 25.2. The van der Waals surface area contributed by atoms with Gasteiger partial charge >= 0.3 is 6.18 Å². The SMILES string of the molecule is O=C(Nc1cccc(Cc2nc(-c3ccccc3)c3[nH]ccc3n2)c1)c1cccc(C(F)(F)F)c1. The number of H-pyrrole nitrogens is 1. The first-order valence-electron chi connectivity index (χ1n) is 10.8. The van der Waals surface area contributed by atoms with Crippen LogP contribution in [0.3, 0.4) is 0 Å². The van der Waals surface area contributed by atoms with Crippen molar-refractivity contribution in [2.24, 2.45) is 0 Å². The van der Waals surface area contributed by atoms with E-state index in [4.69, 9.17) is 4.98 Å². The van der Waals surface area contributed by atoms with E-state index in [0.29, 0.717) is 17.9 Å². The van der Waals surface area contributed by atoms with E-state index in [0.717, 1.165) is 40.0 Å². The zero-order valence-electron chi connectivity index (χ0n) is 18.3. The predicted molar refractivity (Wildman–Crippen MR) is 128 cm³/mol. The van der Waals surface area contributed by atoms with Gasteiger partial charge in [-0.2, -0.15) is 13.2 Å².